The maximum absolute atomic E-state index is 12.4. The lowest BCUT2D eigenvalue weighted by Crippen LogP contribution is -2.22. The summed E-state index contributed by atoms with van der Waals surface area (Å²) in [7, 11) is 0. The summed E-state index contributed by atoms with van der Waals surface area (Å²) < 4.78 is 0. The zero-order chi connectivity index (χ0) is 13.9. The van der Waals surface area contributed by atoms with Crippen LogP contribution >= 0.6 is 23.1 Å². The van der Waals surface area contributed by atoms with E-state index in [1.54, 1.807) is 35.2 Å². The zero-order valence-electron chi connectivity index (χ0n) is 10.5. The lowest BCUT2D eigenvalue weighted by molar-refractivity contribution is -0.115. The minimum Gasteiger partial charge on any atom is -0.309 e. The normalized spacial score (nSPS) is 17.1. The van der Waals surface area contributed by atoms with Crippen LogP contribution in [0.25, 0.3) is 0 Å². The second-order valence-electron chi connectivity index (χ2n) is 4.33. The third kappa shape index (κ3) is 2.55. The molecule has 0 aromatic carbocycles. The number of carbonyl (C=O) groups is 1. The van der Waals surface area contributed by atoms with Crippen molar-refractivity contribution in [2.24, 2.45) is 0 Å². The van der Waals surface area contributed by atoms with E-state index in [0.717, 1.165) is 17.7 Å². The minimum atomic E-state index is -0.164. The van der Waals surface area contributed by atoms with E-state index in [-0.39, 0.29) is 11.2 Å². The van der Waals surface area contributed by atoms with Gasteiger partial charge in [0.05, 0.1) is 5.56 Å². The number of thioether (sulfide) groups is 1. The Morgan fingerprint density at radius 2 is 2.35 bits per heavy atom. The van der Waals surface area contributed by atoms with Crippen molar-refractivity contribution in [3.05, 3.63) is 45.8 Å². The summed E-state index contributed by atoms with van der Waals surface area (Å²) in [6, 6.07) is 7.33. The Morgan fingerprint density at radius 3 is 3.10 bits per heavy atom. The van der Waals surface area contributed by atoms with Gasteiger partial charge in [-0.1, -0.05) is 0 Å². The molecule has 3 rings (SSSR count). The van der Waals surface area contributed by atoms with Crippen LogP contribution in [-0.2, 0) is 11.2 Å². The highest BCUT2D eigenvalue weighted by Gasteiger charge is 2.28. The van der Waals surface area contributed by atoms with Crippen LogP contribution in [-0.4, -0.2) is 16.6 Å². The summed E-state index contributed by atoms with van der Waals surface area (Å²) in [4.78, 5) is 17.7. The number of nitriles is 1. The van der Waals surface area contributed by atoms with E-state index in [1.165, 1.54) is 11.1 Å². The smallest absolute Gasteiger partial charge is 0.243 e. The van der Waals surface area contributed by atoms with Crippen molar-refractivity contribution >= 4 is 34.8 Å². The number of hydrogen-bond acceptors (Lipinski definition) is 5. The standard InChI is InChI=1S/C14H11N3OS2/c15-7-9-1-2-12(16-8-9)17-14(18)13-10-3-5-19-11(10)4-6-20-13/h1-3,5,8,13H,4,6H2,(H,16,17,18)/t13-/m0/s1. The molecule has 2 aromatic heterocycles. The number of rotatable bonds is 2. The molecule has 6 heteroatoms. The average molecular weight is 301 g/mol. The topological polar surface area (TPSA) is 65.8 Å². The predicted octanol–water partition coefficient (Wildman–Crippen LogP) is 2.98. The third-order valence-corrected chi connectivity index (χ3v) is 5.30. The van der Waals surface area contributed by atoms with Gasteiger partial charge in [0.15, 0.2) is 0 Å². The second kappa shape index (κ2) is 5.65. The van der Waals surface area contributed by atoms with E-state index in [4.69, 9.17) is 5.26 Å². The first-order valence-electron chi connectivity index (χ1n) is 6.13. The molecule has 0 saturated heterocycles. The fourth-order valence-electron chi connectivity index (χ4n) is 2.09. The highest BCUT2D eigenvalue weighted by atomic mass is 32.2. The Bertz CT molecular complexity index is 672. The number of aryl methyl sites for hydroxylation is 1. The third-order valence-electron chi connectivity index (χ3n) is 3.06. The number of nitrogens with one attached hydrogen (secondary N) is 1. The number of nitrogens with zero attached hydrogens (tertiary/aromatic N) is 2. The number of hydrogen-bond donors (Lipinski definition) is 1. The first-order chi connectivity index (χ1) is 9.78. The number of carbonyl (C=O) groups excluding carboxylic acids is 1. The molecular weight excluding hydrogens is 290 g/mol. The second-order valence-corrected chi connectivity index (χ2v) is 6.55. The van der Waals surface area contributed by atoms with Crippen molar-refractivity contribution in [3.8, 4) is 6.07 Å². The zero-order valence-corrected chi connectivity index (χ0v) is 12.1. The van der Waals surface area contributed by atoms with Crippen LogP contribution in [0.5, 0.6) is 0 Å². The number of anilines is 1. The van der Waals surface area contributed by atoms with E-state index in [1.807, 2.05) is 17.5 Å². The van der Waals surface area contributed by atoms with Gasteiger partial charge in [-0.25, -0.2) is 4.98 Å². The monoisotopic (exact) mass is 301 g/mol. The Kier molecular flexibility index (Phi) is 3.72. The molecule has 1 amide bonds. The van der Waals surface area contributed by atoms with E-state index in [2.05, 4.69) is 10.3 Å². The number of fused-ring (bicyclic) bond motifs is 1. The van der Waals surface area contributed by atoms with Crippen LogP contribution < -0.4 is 5.32 Å². The van der Waals surface area contributed by atoms with Crippen LogP contribution in [0.4, 0.5) is 5.82 Å². The van der Waals surface area contributed by atoms with Gasteiger partial charge in [-0.05, 0) is 41.3 Å². The van der Waals surface area contributed by atoms with Gasteiger partial charge in [-0.15, -0.1) is 23.1 Å². The maximum atomic E-state index is 12.4. The number of thiophene rings is 1. The number of pyridine rings is 1. The average Bonchev–Trinajstić information content (AvgIpc) is 2.96. The van der Waals surface area contributed by atoms with Gasteiger partial charge in [0.2, 0.25) is 5.91 Å². The molecule has 0 spiro atoms. The fraction of sp³-hybridized carbons (Fsp3) is 0.214. The van der Waals surface area contributed by atoms with Crippen molar-refractivity contribution in [1.29, 1.82) is 5.26 Å². The molecule has 1 atom stereocenters. The summed E-state index contributed by atoms with van der Waals surface area (Å²) in [5.74, 6) is 1.40. The lowest BCUT2D eigenvalue weighted by atomic mass is 10.1. The minimum absolute atomic E-state index is 0.0495. The van der Waals surface area contributed by atoms with E-state index in [0.29, 0.717) is 11.4 Å². The van der Waals surface area contributed by atoms with Crippen LogP contribution in [0.2, 0.25) is 0 Å². The van der Waals surface area contributed by atoms with Crippen LogP contribution in [0.15, 0.2) is 29.8 Å². The van der Waals surface area contributed by atoms with Crippen LogP contribution in [0.3, 0.4) is 0 Å². The first kappa shape index (κ1) is 13.2. The molecule has 0 unspecified atom stereocenters. The summed E-state index contributed by atoms with van der Waals surface area (Å²) in [5, 5.41) is 13.4. The maximum Gasteiger partial charge on any atom is 0.243 e. The molecule has 0 fully saturated rings. The highest BCUT2D eigenvalue weighted by Crippen LogP contribution is 2.39. The molecule has 20 heavy (non-hydrogen) atoms. The van der Waals surface area contributed by atoms with Crippen LogP contribution in [0, 0.1) is 11.3 Å². The van der Waals surface area contributed by atoms with Crippen molar-refractivity contribution < 1.29 is 4.79 Å². The van der Waals surface area contributed by atoms with Crippen molar-refractivity contribution in [2.45, 2.75) is 11.7 Å². The molecule has 3 heterocycles. The summed E-state index contributed by atoms with van der Waals surface area (Å²) in [6.07, 6.45) is 2.50. The SMILES string of the molecule is N#Cc1ccc(NC(=O)[C@H]2SCCc3sccc32)nc1. The molecule has 1 aliphatic heterocycles. The molecule has 100 valence electrons. The molecule has 4 nitrogen and oxygen atoms in total. The summed E-state index contributed by atoms with van der Waals surface area (Å²) in [6.45, 7) is 0. The lowest BCUT2D eigenvalue weighted by Gasteiger charge is -2.21. The van der Waals surface area contributed by atoms with Crippen molar-refractivity contribution in [1.82, 2.24) is 4.98 Å². The highest BCUT2D eigenvalue weighted by molar-refractivity contribution is 8.00. The molecule has 1 N–H and O–H groups in total. The molecule has 2 aromatic rings. The molecule has 0 aliphatic carbocycles. The Hall–Kier alpha value is -1.84. The van der Waals surface area contributed by atoms with Crippen molar-refractivity contribution in [3.63, 3.8) is 0 Å². The van der Waals surface area contributed by atoms with E-state index >= 15 is 0 Å². The first-order valence-corrected chi connectivity index (χ1v) is 8.05. The Morgan fingerprint density at radius 1 is 1.45 bits per heavy atom. The number of aromatic nitrogens is 1. The van der Waals surface area contributed by atoms with Gasteiger partial charge in [-0.3, -0.25) is 4.79 Å². The Labute approximate surface area is 124 Å². The van der Waals surface area contributed by atoms with Gasteiger partial charge < -0.3 is 5.32 Å². The van der Waals surface area contributed by atoms with Gasteiger partial charge >= 0.3 is 0 Å². The van der Waals surface area contributed by atoms with E-state index in [9.17, 15) is 4.79 Å². The van der Waals surface area contributed by atoms with Gasteiger partial charge in [0, 0.05) is 11.1 Å². The molecule has 0 radical (unpaired) electrons. The summed E-state index contributed by atoms with van der Waals surface area (Å²) in [5.41, 5.74) is 1.60. The van der Waals surface area contributed by atoms with Crippen LogP contribution in [0.1, 0.15) is 21.3 Å². The molecule has 0 saturated carbocycles. The fourth-order valence-corrected chi connectivity index (χ4v) is 4.38. The quantitative estimate of drug-likeness (QED) is 0.926. The number of amides is 1. The van der Waals surface area contributed by atoms with Gasteiger partial charge in [0.25, 0.3) is 0 Å². The molecular formula is C14H11N3OS2. The van der Waals surface area contributed by atoms with Crippen molar-refractivity contribution in [2.75, 3.05) is 11.1 Å². The summed E-state index contributed by atoms with van der Waals surface area (Å²) >= 11 is 3.37. The predicted molar refractivity (Wildman–Crippen MR) is 80.8 cm³/mol. The molecule has 0 bridgehead atoms. The van der Waals surface area contributed by atoms with Gasteiger partial charge in [0.1, 0.15) is 17.1 Å². The van der Waals surface area contributed by atoms with Gasteiger partial charge in [-0.2, -0.15) is 5.26 Å². The largest absolute Gasteiger partial charge is 0.309 e. The molecule has 1 aliphatic rings. The Balaban J connectivity index is 1.76. The van der Waals surface area contributed by atoms with E-state index < -0.39 is 0 Å².